The smallest absolute Gasteiger partial charge is 0.193 e. The maximum Gasteiger partial charge on any atom is 0.193 e. The highest BCUT2D eigenvalue weighted by Gasteiger charge is 2.06. The molecule has 1 aromatic carbocycles. The van der Waals surface area contributed by atoms with Crippen LogP contribution in [-0.4, -0.2) is 37.3 Å². The topological polar surface area (TPSA) is 40.8 Å². The standard InChI is InChI=1S/C18H25N3OS/c1-4-19-18(20-12-11-16-6-5-13-22-16)21(2)14-15-7-9-17(23-3)10-8-15/h5-10,13H,4,11-12,14H2,1-3H3,(H,19,20). The molecule has 1 N–H and O–H groups in total. The molecule has 0 saturated heterocycles. The Hall–Kier alpha value is -1.88. The summed E-state index contributed by atoms with van der Waals surface area (Å²) in [4.78, 5) is 8.13. The number of furan rings is 1. The molecule has 0 aliphatic rings. The molecule has 4 nitrogen and oxygen atoms in total. The molecular weight excluding hydrogens is 306 g/mol. The van der Waals surface area contributed by atoms with Gasteiger partial charge < -0.3 is 14.6 Å². The summed E-state index contributed by atoms with van der Waals surface area (Å²) < 4.78 is 5.35. The second-order valence-electron chi connectivity index (χ2n) is 5.27. The van der Waals surface area contributed by atoms with E-state index in [1.807, 2.05) is 12.1 Å². The number of hydrogen-bond donors (Lipinski definition) is 1. The van der Waals surface area contributed by atoms with Crippen LogP contribution in [0.25, 0.3) is 0 Å². The van der Waals surface area contributed by atoms with E-state index in [0.717, 1.165) is 31.2 Å². The molecule has 0 radical (unpaired) electrons. The van der Waals surface area contributed by atoms with Gasteiger partial charge in [0, 0.05) is 38.0 Å². The number of guanidine groups is 1. The molecule has 0 aliphatic heterocycles. The molecule has 2 rings (SSSR count). The number of hydrogen-bond acceptors (Lipinski definition) is 3. The summed E-state index contributed by atoms with van der Waals surface area (Å²) in [6.45, 7) is 4.49. The number of nitrogens with one attached hydrogen (secondary N) is 1. The van der Waals surface area contributed by atoms with Crippen molar-refractivity contribution in [2.45, 2.75) is 24.8 Å². The van der Waals surface area contributed by atoms with Gasteiger partial charge >= 0.3 is 0 Å². The average molecular weight is 331 g/mol. The van der Waals surface area contributed by atoms with Crippen LogP contribution < -0.4 is 5.32 Å². The van der Waals surface area contributed by atoms with E-state index < -0.39 is 0 Å². The van der Waals surface area contributed by atoms with Gasteiger partial charge in [0.15, 0.2) is 5.96 Å². The third-order valence-electron chi connectivity index (χ3n) is 3.48. The molecule has 0 spiro atoms. The van der Waals surface area contributed by atoms with Gasteiger partial charge in [0.05, 0.1) is 6.26 Å². The van der Waals surface area contributed by atoms with Crippen molar-refractivity contribution < 1.29 is 4.42 Å². The Labute approximate surface area is 143 Å². The first-order chi connectivity index (χ1) is 11.2. The minimum absolute atomic E-state index is 0.714. The van der Waals surface area contributed by atoms with Gasteiger partial charge in [-0.25, -0.2) is 0 Å². The number of nitrogens with zero attached hydrogens (tertiary/aromatic N) is 2. The van der Waals surface area contributed by atoms with Crippen molar-refractivity contribution >= 4 is 17.7 Å². The van der Waals surface area contributed by atoms with E-state index in [1.54, 1.807) is 18.0 Å². The summed E-state index contributed by atoms with van der Waals surface area (Å²) in [7, 11) is 2.07. The lowest BCUT2D eigenvalue weighted by Gasteiger charge is -2.22. The van der Waals surface area contributed by atoms with E-state index in [0.29, 0.717) is 6.54 Å². The molecule has 0 saturated carbocycles. The van der Waals surface area contributed by atoms with Crippen molar-refractivity contribution in [1.82, 2.24) is 10.2 Å². The van der Waals surface area contributed by atoms with Crippen molar-refractivity contribution in [3.05, 3.63) is 54.0 Å². The van der Waals surface area contributed by atoms with Crippen LogP contribution in [0.4, 0.5) is 0 Å². The molecule has 0 amide bonds. The van der Waals surface area contributed by atoms with E-state index in [9.17, 15) is 0 Å². The van der Waals surface area contributed by atoms with Crippen LogP contribution >= 0.6 is 11.8 Å². The second kappa shape index (κ2) is 9.30. The molecule has 1 heterocycles. The summed E-state index contributed by atoms with van der Waals surface area (Å²) in [6, 6.07) is 12.6. The molecule has 0 unspecified atom stereocenters. The maximum absolute atomic E-state index is 5.35. The van der Waals surface area contributed by atoms with Crippen molar-refractivity contribution in [1.29, 1.82) is 0 Å². The quantitative estimate of drug-likeness (QED) is 0.478. The zero-order valence-corrected chi connectivity index (χ0v) is 14.9. The fourth-order valence-electron chi connectivity index (χ4n) is 2.28. The fourth-order valence-corrected chi connectivity index (χ4v) is 2.68. The fraction of sp³-hybridized carbons (Fsp3) is 0.389. The number of benzene rings is 1. The highest BCUT2D eigenvalue weighted by atomic mass is 32.2. The van der Waals surface area contributed by atoms with Crippen LogP contribution in [0.5, 0.6) is 0 Å². The monoisotopic (exact) mass is 331 g/mol. The molecule has 0 atom stereocenters. The van der Waals surface area contributed by atoms with Gasteiger partial charge in [0.2, 0.25) is 0 Å². The number of rotatable bonds is 7. The molecule has 0 aliphatic carbocycles. The summed E-state index contributed by atoms with van der Waals surface area (Å²) >= 11 is 1.76. The van der Waals surface area contributed by atoms with Gasteiger partial charge in [-0.1, -0.05) is 12.1 Å². The van der Waals surface area contributed by atoms with Gasteiger partial charge in [-0.3, -0.25) is 4.99 Å². The lowest BCUT2D eigenvalue weighted by atomic mass is 10.2. The van der Waals surface area contributed by atoms with Crippen LogP contribution in [0.3, 0.4) is 0 Å². The van der Waals surface area contributed by atoms with Crippen molar-refractivity contribution in [2.24, 2.45) is 4.99 Å². The predicted molar refractivity (Wildman–Crippen MR) is 98.1 cm³/mol. The lowest BCUT2D eigenvalue weighted by molar-refractivity contribution is 0.474. The zero-order chi connectivity index (χ0) is 16.5. The maximum atomic E-state index is 5.35. The summed E-state index contributed by atoms with van der Waals surface area (Å²) in [5.41, 5.74) is 1.28. The molecule has 0 fully saturated rings. The molecule has 2 aromatic rings. The Morgan fingerprint density at radius 1 is 1.26 bits per heavy atom. The number of thioether (sulfide) groups is 1. The van der Waals surface area contributed by atoms with Gasteiger partial charge in [-0.2, -0.15) is 0 Å². The van der Waals surface area contributed by atoms with Crippen LogP contribution in [-0.2, 0) is 13.0 Å². The largest absolute Gasteiger partial charge is 0.469 e. The van der Waals surface area contributed by atoms with Crippen LogP contribution in [0, 0.1) is 0 Å². The van der Waals surface area contributed by atoms with E-state index in [2.05, 4.69) is 59.7 Å². The van der Waals surface area contributed by atoms with Gasteiger partial charge in [-0.05, 0) is 43.0 Å². The minimum atomic E-state index is 0.714. The Kier molecular flexibility index (Phi) is 7.07. The second-order valence-corrected chi connectivity index (χ2v) is 6.15. The molecule has 5 heteroatoms. The van der Waals surface area contributed by atoms with Crippen LogP contribution in [0.2, 0.25) is 0 Å². The average Bonchev–Trinajstić information content (AvgIpc) is 3.08. The molecule has 124 valence electrons. The molecule has 23 heavy (non-hydrogen) atoms. The first kappa shape index (κ1) is 17.5. The van der Waals surface area contributed by atoms with Gasteiger partial charge in [0.25, 0.3) is 0 Å². The van der Waals surface area contributed by atoms with Gasteiger partial charge in [-0.15, -0.1) is 11.8 Å². The SMILES string of the molecule is CCNC(=NCCc1ccco1)N(C)Cc1ccc(SC)cc1. The van der Waals surface area contributed by atoms with E-state index >= 15 is 0 Å². The Morgan fingerprint density at radius 3 is 2.65 bits per heavy atom. The Morgan fingerprint density at radius 2 is 2.04 bits per heavy atom. The molecule has 0 bridgehead atoms. The van der Waals surface area contributed by atoms with Crippen molar-refractivity contribution in [3.8, 4) is 0 Å². The van der Waals surface area contributed by atoms with E-state index in [-0.39, 0.29) is 0 Å². The van der Waals surface area contributed by atoms with Crippen LogP contribution in [0.15, 0.2) is 57.0 Å². The Balaban J connectivity index is 1.94. The first-order valence-electron chi connectivity index (χ1n) is 7.87. The van der Waals surface area contributed by atoms with E-state index in [1.165, 1.54) is 10.5 Å². The molecular formula is C18H25N3OS. The Bertz CT molecular complexity index is 593. The normalized spacial score (nSPS) is 11.5. The van der Waals surface area contributed by atoms with E-state index in [4.69, 9.17) is 4.42 Å². The summed E-state index contributed by atoms with van der Waals surface area (Å²) in [5, 5.41) is 3.35. The van der Waals surface area contributed by atoms with Gasteiger partial charge in [0.1, 0.15) is 5.76 Å². The zero-order valence-electron chi connectivity index (χ0n) is 14.1. The summed E-state index contributed by atoms with van der Waals surface area (Å²) in [5.74, 6) is 1.90. The minimum Gasteiger partial charge on any atom is -0.469 e. The third kappa shape index (κ3) is 5.67. The lowest BCUT2D eigenvalue weighted by Crippen LogP contribution is -2.38. The molecule has 1 aromatic heterocycles. The highest BCUT2D eigenvalue weighted by Crippen LogP contribution is 2.15. The first-order valence-corrected chi connectivity index (χ1v) is 9.10. The van der Waals surface area contributed by atoms with Crippen molar-refractivity contribution in [2.75, 3.05) is 26.4 Å². The van der Waals surface area contributed by atoms with Crippen molar-refractivity contribution in [3.63, 3.8) is 0 Å². The third-order valence-corrected chi connectivity index (χ3v) is 4.22. The summed E-state index contributed by atoms with van der Waals surface area (Å²) in [6.07, 6.45) is 4.61. The number of aliphatic imine (C=N–C) groups is 1. The predicted octanol–water partition coefficient (Wildman–Crippen LogP) is 3.64. The highest BCUT2D eigenvalue weighted by molar-refractivity contribution is 7.98. The van der Waals surface area contributed by atoms with Crippen LogP contribution in [0.1, 0.15) is 18.2 Å².